The molecular weight excluding hydrogens is 300 g/mol. The first-order valence-electron chi connectivity index (χ1n) is 7.06. The smallest absolute Gasteiger partial charge is 0.265 e. The first kappa shape index (κ1) is 14.7. The average molecular weight is 316 g/mol. The number of nitrogens with one attached hydrogen (secondary N) is 1. The lowest BCUT2D eigenvalue weighted by Crippen LogP contribution is -2.29. The van der Waals surface area contributed by atoms with E-state index in [4.69, 9.17) is 0 Å². The topological polar surface area (TPSA) is 69.6 Å². The van der Waals surface area contributed by atoms with E-state index < -0.39 is 6.10 Å². The van der Waals surface area contributed by atoms with Gasteiger partial charge >= 0.3 is 0 Å². The molecule has 0 spiro atoms. The molecular formula is C16H16N2O3S. The highest BCUT2D eigenvalue weighted by Crippen LogP contribution is 2.18. The third-order valence-corrected chi connectivity index (χ3v) is 4.43. The van der Waals surface area contributed by atoms with Crippen LogP contribution in [0.4, 0.5) is 5.69 Å². The van der Waals surface area contributed by atoms with Crippen molar-refractivity contribution in [3.63, 3.8) is 0 Å². The number of likely N-dealkylation sites (tertiary alicyclic amines) is 1. The SMILES string of the molecule is O=C(Nc1cccc(C(=O)N2CC[C@@H](O)C2)c1)c1cccs1. The number of aliphatic hydroxyl groups is 1. The number of β-amino-alcohol motifs (C(OH)–C–C–N with tert-alkyl or cyclic N) is 1. The molecule has 0 saturated carbocycles. The summed E-state index contributed by atoms with van der Waals surface area (Å²) in [6.45, 7) is 0.927. The van der Waals surface area contributed by atoms with Crippen molar-refractivity contribution in [1.29, 1.82) is 0 Å². The molecule has 1 aliphatic rings. The third kappa shape index (κ3) is 3.18. The number of hydrogen-bond acceptors (Lipinski definition) is 4. The van der Waals surface area contributed by atoms with Crippen LogP contribution in [-0.4, -0.2) is 41.0 Å². The van der Waals surface area contributed by atoms with E-state index in [-0.39, 0.29) is 11.8 Å². The van der Waals surface area contributed by atoms with Gasteiger partial charge in [-0.15, -0.1) is 11.3 Å². The second-order valence-electron chi connectivity index (χ2n) is 5.21. The molecule has 2 amide bonds. The highest BCUT2D eigenvalue weighted by Gasteiger charge is 2.25. The molecule has 22 heavy (non-hydrogen) atoms. The molecule has 1 fully saturated rings. The Labute approximate surface area is 132 Å². The summed E-state index contributed by atoms with van der Waals surface area (Å²) < 4.78 is 0. The van der Waals surface area contributed by atoms with E-state index in [1.807, 2.05) is 11.4 Å². The summed E-state index contributed by atoms with van der Waals surface area (Å²) in [6.07, 6.45) is 0.172. The van der Waals surface area contributed by atoms with Crippen molar-refractivity contribution in [2.45, 2.75) is 12.5 Å². The highest BCUT2D eigenvalue weighted by molar-refractivity contribution is 7.12. The van der Waals surface area contributed by atoms with Gasteiger partial charge in [0.15, 0.2) is 0 Å². The summed E-state index contributed by atoms with van der Waals surface area (Å²) in [6, 6.07) is 10.4. The van der Waals surface area contributed by atoms with Crippen molar-refractivity contribution in [3.05, 3.63) is 52.2 Å². The number of benzene rings is 1. The predicted molar refractivity (Wildman–Crippen MR) is 85.2 cm³/mol. The number of amides is 2. The van der Waals surface area contributed by atoms with Crippen LogP contribution in [0.5, 0.6) is 0 Å². The van der Waals surface area contributed by atoms with Crippen LogP contribution in [0.3, 0.4) is 0 Å². The minimum atomic E-state index is -0.439. The van der Waals surface area contributed by atoms with E-state index in [1.54, 1.807) is 35.2 Å². The first-order valence-corrected chi connectivity index (χ1v) is 7.94. The lowest BCUT2D eigenvalue weighted by molar-refractivity contribution is 0.0764. The van der Waals surface area contributed by atoms with Crippen LogP contribution in [0.1, 0.15) is 26.5 Å². The highest BCUT2D eigenvalue weighted by atomic mass is 32.1. The Morgan fingerprint density at radius 2 is 2.14 bits per heavy atom. The van der Waals surface area contributed by atoms with Gasteiger partial charge in [-0.2, -0.15) is 0 Å². The number of thiophene rings is 1. The lowest BCUT2D eigenvalue weighted by Gasteiger charge is -2.16. The van der Waals surface area contributed by atoms with Gasteiger partial charge in [-0.05, 0) is 36.1 Å². The molecule has 1 saturated heterocycles. The number of carbonyl (C=O) groups excluding carboxylic acids is 2. The first-order chi connectivity index (χ1) is 10.6. The standard InChI is InChI=1S/C16H16N2O3S/c19-13-6-7-18(10-13)16(21)11-3-1-4-12(9-11)17-15(20)14-5-2-8-22-14/h1-5,8-9,13,19H,6-7,10H2,(H,17,20)/t13-/m1/s1. The van der Waals surface area contributed by atoms with Crippen molar-refractivity contribution in [2.24, 2.45) is 0 Å². The molecule has 3 rings (SSSR count). The molecule has 114 valence electrons. The Morgan fingerprint density at radius 1 is 1.27 bits per heavy atom. The van der Waals surface area contributed by atoms with Crippen molar-refractivity contribution < 1.29 is 14.7 Å². The molecule has 6 heteroatoms. The van der Waals surface area contributed by atoms with Gasteiger partial charge in [-0.25, -0.2) is 0 Å². The van der Waals surface area contributed by atoms with Gasteiger partial charge in [0.2, 0.25) is 0 Å². The zero-order valence-electron chi connectivity index (χ0n) is 11.9. The zero-order chi connectivity index (χ0) is 15.5. The fourth-order valence-corrected chi connectivity index (χ4v) is 3.06. The molecule has 2 heterocycles. The fraction of sp³-hybridized carbons (Fsp3) is 0.250. The summed E-state index contributed by atoms with van der Waals surface area (Å²) >= 11 is 1.37. The van der Waals surface area contributed by atoms with Crippen LogP contribution in [0.2, 0.25) is 0 Å². The number of nitrogens with zero attached hydrogens (tertiary/aromatic N) is 1. The van der Waals surface area contributed by atoms with Crippen LogP contribution >= 0.6 is 11.3 Å². The molecule has 2 aromatic rings. The second kappa shape index (κ2) is 6.29. The second-order valence-corrected chi connectivity index (χ2v) is 6.15. The average Bonchev–Trinajstić information content (AvgIpc) is 3.18. The van der Waals surface area contributed by atoms with Crippen molar-refractivity contribution in [3.8, 4) is 0 Å². The molecule has 5 nitrogen and oxygen atoms in total. The maximum Gasteiger partial charge on any atom is 0.265 e. The summed E-state index contributed by atoms with van der Waals surface area (Å²) in [4.78, 5) is 26.6. The van der Waals surface area contributed by atoms with Gasteiger partial charge in [-0.1, -0.05) is 12.1 Å². The normalized spacial score (nSPS) is 17.5. The summed E-state index contributed by atoms with van der Waals surface area (Å²) in [5, 5.41) is 14.2. The number of carbonyl (C=O) groups is 2. The Hall–Kier alpha value is -2.18. The molecule has 1 aromatic carbocycles. The number of hydrogen-bond donors (Lipinski definition) is 2. The lowest BCUT2D eigenvalue weighted by atomic mass is 10.1. The van der Waals surface area contributed by atoms with E-state index in [0.717, 1.165) is 0 Å². The van der Waals surface area contributed by atoms with Crippen molar-refractivity contribution in [1.82, 2.24) is 4.90 Å². The monoisotopic (exact) mass is 316 g/mol. The van der Waals surface area contributed by atoms with Crippen LogP contribution in [0.25, 0.3) is 0 Å². The van der Waals surface area contributed by atoms with Crippen molar-refractivity contribution >= 4 is 28.8 Å². The number of rotatable bonds is 3. The molecule has 0 bridgehead atoms. The Bertz CT molecular complexity index is 684. The Balaban J connectivity index is 1.72. The maximum atomic E-state index is 12.4. The molecule has 0 unspecified atom stereocenters. The number of aliphatic hydroxyl groups excluding tert-OH is 1. The van der Waals surface area contributed by atoms with Gasteiger partial charge in [0.25, 0.3) is 11.8 Å². The van der Waals surface area contributed by atoms with Crippen LogP contribution in [-0.2, 0) is 0 Å². The Morgan fingerprint density at radius 3 is 2.82 bits per heavy atom. The maximum absolute atomic E-state index is 12.4. The van der Waals surface area contributed by atoms with Gasteiger partial charge < -0.3 is 15.3 Å². The summed E-state index contributed by atoms with van der Waals surface area (Å²) in [7, 11) is 0. The van der Waals surface area contributed by atoms with E-state index in [9.17, 15) is 14.7 Å². The van der Waals surface area contributed by atoms with E-state index >= 15 is 0 Å². The van der Waals surface area contributed by atoms with Crippen molar-refractivity contribution in [2.75, 3.05) is 18.4 Å². The van der Waals surface area contributed by atoms with E-state index in [0.29, 0.717) is 35.6 Å². The molecule has 1 aliphatic heterocycles. The van der Waals surface area contributed by atoms with Gasteiger partial charge in [-0.3, -0.25) is 9.59 Å². The quantitative estimate of drug-likeness (QED) is 0.912. The minimum Gasteiger partial charge on any atom is -0.391 e. The molecule has 1 atom stereocenters. The van der Waals surface area contributed by atoms with Crippen LogP contribution in [0, 0.1) is 0 Å². The largest absolute Gasteiger partial charge is 0.391 e. The number of anilines is 1. The van der Waals surface area contributed by atoms with E-state index in [1.165, 1.54) is 11.3 Å². The summed E-state index contributed by atoms with van der Waals surface area (Å²) in [5.41, 5.74) is 1.10. The van der Waals surface area contributed by atoms with Gasteiger partial charge in [0.05, 0.1) is 11.0 Å². The van der Waals surface area contributed by atoms with Crippen LogP contribution < -0.4 is 5.32 Å². The zero-order valence-corrected chi connectivity index (χ0v) is 12.7. The molecule has 1 aromatic heterocycles. The Kier molecular flexibility index (Phi) is 4.22. The molecule has 0 aliphatic carbocycles. The molecule has 0 radical (unpaired) electrons. The minimum absolute atomic E-state index is 0.122. The predicted octanol–water partition coefficient (Wildman–Crippen LogP) is 2.21. The van der Waals surface area contributed by atoms with Gasteiger partial charge in [0, 0.05) is 24.3 Å². The fourth-order valence-electron chi connectivity index (χ4n) is 2.44. The summed E-state index contributed by atoms with van der Waals surface area (Å²) in [5.74, 6) is -0.306. The van der Waals surface area contributed by atoms with Gasteiger partial charge in [0.1, 0.15) is 0 Å². The third-order valence-electron chi connectivity index (χ3n) is 3.56. The van der Waals surface area contributed by atoms with E-state index in [2.05, 4.69) is 5.32 Å². The molecule has 2 N–H and O–H groups in total. The van der Waals surface area contributed by atoms with Crippen LogP contribution in [0.15, 0.2) is 41.8 Å².